The Bertz CT molecular complexity index is 640. The molecule has 112 valence electrons. The van der Waals surface area contributed by atoms with E-state index in [4.69, 9.17) is 4.74 Å². The van der Waals surface area contributed by atoms with Gasteiger partial charge in [-0.1, -0.05) is 23.9 Å². The molecule has 0 bridgehead atoms. The molecular formula is C15H19N3O2S. The van der Waals surface area contributed by atoms with E-state index in [-0.39, 0.29) is 11.2 Å². The number of aryl methyl sites for hydroxylation is 2. The Hall–Kier alpha value is -1.82. The largest absolute Gasteiger partial charge is 0.465 e. The number of thioether (sulfide) groups is 1. The third kappa shape index (κ3) is 3.64. The fourth-order valence-electron chi connectivity index (χ4n) is 1.95. The molecule has 0 aliphatic rings. The summed E-state index contributed by atoms with van der Waals surface area (Å²) in [6.45, 7) is 7.93. The number of hydrogen-bond donors (Lipinski definition) is 0. The molecule has 1 aromatic heterocycles. The quantitative estimate of drug-likeness (QED) is 0.628. The lowest BCUT2D eigenvalue weighted by atomic mass is 10.2. The van der Waals surface area contributed by atoms with Crippen molar-refractivity contribution in [1.29, 1.82) is 0 Å². The molecular weight excluding hydrogens is 286 g/mol. The van der Waals surface area contributed by atoms with Gasteiger partial charge in [-0.05, 0) is 45.4 Å². The normalized spacial score (nSPS) is 12.2. The molecule has 0 spiro atoms. The molecule has 1 aromatic carbocycles. The van der Waals surface area contributed by atoms with Gasteiger partial charge in [0.05, 0.1) is 6.61 Å². The van der Waals surface area contributed by atoms with Crippen LogP contribution in [0.25, 0.3) is 5.69 Å². The van der Waals surface area contributed by atoms with Crippen molar-refractivity contribution in [1.82, 2.24) is 14.8 Å². The highest BCUT2D eigenvalue weighted by molar-refractivity contribution is 8.00. The Labute approximate surface area is 128 Å². The van der Waals surface area contributed by atoms with Crippen molar-refractivity contribution in [2.24, 2.45) is 0 Å². The van der Waals surface area contributed by atoms with Crippen molar-refractivity contribution in [2.75, 3.05) is 6.61 Å². The molecule has 6 heteroatoms. The van der Waals surface area contributed by atoms with E-state index in [1.165, 1.54) is 11.8 Å². The zero-order valence-electron chi connectivity index (χ0n) is 12.7. The fourth-order valence-corrected chi connectivity index (χ4v) is 2.86. The van der Waals surface area contributed by atoms with Gasteiger partial charge in [0.1, 0.15) is 11.1 Å². The second-order valence-electron chi connectivity index (χ2n) is 4.72. The summed E-state index contributed by atoms with van der Waals surface area (Å²) in [5.41, 5.74) is 2.16. The maximum absolute atomic E-state index is 11.8. The molecule has 0 aliphatic heterocycles. The van der Waals surface area contributed by atoms with Crippen molar-refractivity contribution in [3.05, 3.63) is 35.7 Å². The minimum absolute atomic E-state index is 0.237. The maximum atomic E-state index is 11.8. The molecule has 0 N–H and O–H groups in total. The highest BCUT2D eigenvalue weighted by Gasteiger charge is 2.20. The lowest BCUT2D eigenvalue weighted by Crippen LogP contribution is -2.17. The van der Waals surface area contributed by atoms with Gasteiger partial charge >= 0.3 is 5.97 Å². The summed E-state index contributed by atoms with van der Waals surface area (Å²) in [5.74, 6) is 0.554. The average Bonchev–Trinajstić information content (AvgIpc) is 2.80. The number of nitrogens with zero attached hydrogens (tertiary/aromatic N) is 3. The van der Waals surface area contributed by atoms with Crippen molar-refractivity contribution < 1.29 is 9.53 Å². The van der Waals surface area contributed by atoms with Gasteiger partial charge < -0.3 is 4.74 Å². The number of rotatable bonds is 5. The van der Waals surface area contributed by atoms with Crippen molar-refractivity contribution in [3.8, 4) is 5.69 Å². The summed E-state index contributed by atoms with van der Waals surface area (Å²) in [7, 11) is 0. The van der Waals surface area contributed by atoms with Gasteiger partial charge in [-0.3, -0.25) is 9.36 Å². The van der Waals surface area contributed by atoms with Crippen LogP contribution in [0.4, 0.5) is 0 Å². The second-order valence-corrected chi connectivity index (χ2v) is 6.02. The minimum Gasteiger partial charge on any atom is -0.465 e. The van der Waals surface area contributed by atoms with Crippen LogP contribution in [0.2, 0.25) is 0 Å². The van der Waals surface area contributed by atoms with E-state index in [1.54, 1.807) is 6.92 Å². The summed E-state index contributed by atoms with van der Waals surface area (Å²) in [5, 5.41) is 8.66. The third-order valence-corrected chi connectivity index (χ3v) is 3.98. The standard InChI is InChI=1S/C15H19N3O2S/c1-5-20-14(19)11(3)21-15-17-16-12(4)18(15)13-8-6-7-10(2)9-13/h6-9,11H,5H2,1-4H3/t11-/m1/s1. The molecule has 0 amide bonds. The van der Waals surface area contributed by atoms with Crippen LogP contribution in [0.3, 0.4) is 0 Å². The van der Waals surface area contributed by atoms with Crippen molar-refractivity contribution in [3.63, 3.8) is 0 Å². The zero-order chi connectivity index (χ0) is 15.4. The van der Waals surface area contributed by atoms with Gasteiger partial charge in [-0.25, -0.2) is 0 Å². The van der Waals surface area contributed by atoms with E-state index in [1.807, 2.05) is 43.5 Å². The van der Waals surface area contributed by atoms with Crippen LogP contribution < -0.4 is 0 Å². The predicted octanol–water partition coefficient (Wildman–Crippen LogP) is 2.93. The van der Waals surface area contributed by atoms with Gasteiger partial charge in [0.15, 0.2) is 5.16 Å². The van der Waals surface area contributed by atoms with E-state index in [0.29, 0.717) is 11.8 Å². The molecule has 0 saturated carbocycles. The van der Waals surface area contributed by atoms with Gasteiger partial charge in [-0.15, -0.1) is 10.2 Å². The summed E-state index contributed by atoms with van der Waals surface area (Å²) in [6.07, 6.45) is 0. The summed E-state index contributed by atoms with van der Waals surface area (Å²) in [4.78, 5) is 11.8. The number of benzene rings is 1. The zero-order valence-corrected chi connectivity index (χ0v) is 13.5. The molecule has 2 aromatic rings. The van der Waals surface area contributed by atoms with Crippen LogP contribution in [-0.2, 0) is 9.53 Å². The molecule has 0 unspecified atom stereocenters. The van der Waals surface area contributed by atoms with Gasteiger partial charge in [0.2, 0.25) is 0 Å². The fraction of sp³-hybridized carbons (Fsp3) is 0.400. The first-order valence-corrected chi connectivity index (χ1v) is 7.73. The van der Waals surface area contributed by atoms with Crippen LogP contribution in [-0.4, -0.2) is 32.6 Å². The molecule has 1 heterocycles. The molecule has 0 fully saturated rings. The Balaban J connectivity index is 2.28. The van der Waals surface area contributed by atoms with E-state index in [2.05, 4.69) is 16.3 Å². The highest BCUT2D eigenvalue weighted by Crippen LogP contribution is 2.26. The maximum Gasteiger partial charge on any atom is 0.319 e. The van der Waals surface area contributed by atoms with E-state index < -0.39 is 0 Å². The topological polar surface area (TPSA) is 57.0 Å². The van der Waals surface area contributed by atoms with Crippen LogP contribution in [0.15, 0.2) is 29.4 Å². The van der Waals surface area contributed by atoms with E-state index >= 15 is 0 Å². The summed E-state index contributed by atoms with van der Waals surface area (Å²) >= 11 is 1.35. The molecule has 0 radical (unpaired) electrons. The number of carbonyl (C=O) groups is 1. The van der Waals surface area contributed by atoms with E-state index in [0.717, 1.165) is 17.1 Å². The highest BCUT2D eigenvalue weighted by atomic mass is 32.2. The lowest BCUT2D eigenvalue weighted by molar-refractivity contribution is -0.142. The van der Waals surface area contributed by atoms with E-state index in [9.17, 15) is 4.79 Å². The molecule has 1 atom stereocenters. The Kier molecular flexibility index (Phi) is 5.01. The first-order chi connectivity index (χ1) is 10.0. The number of ether oxygens (including phenoxy) is 1. The lowest BCUT2D eigenvalue weighted by Gasteiger charge is -2.12. The number of hydrogen-bond acceptors (Lipinski definition) is 5. The first kappa shape index (κ1) is 15.6. The third-order valence-electron chi connectivity index (χ3n) is 2.96. The molecule has 0 aliphatic carbocycles. The van der Waals surface area contributed by atoms with Crippen molar-refractivity contribution >= 4 is 17.7 Å². The number of carbonyl (C=O) groups excluding carboxylic acids is 1. The summed E-state index contributed by atoms with van der Waals surface area (Å²) < 4.78 is 6.98. The van der Waals surface area contributed by atoms with Crippen LogP contribution in [0.5, 0.6) is 0 Å². The van der Waals surface area contributed by atoms with Crippen molar-refractivity contribution in [2.45, 2.75) is 38.1 Å². The van der Waals surface area contributed by atoms with Crippen LogP contribution in [0.1, 0.15) is 25.2 Å². The Morgan fingerprint density at radius 2 is 2.14 bits per heavy atom. The van der Waals surface area contributed by atoms with Gasteiger partial charge in [0, 0.05) is 5.69 Å². The minimum atomic E-state index is -0.322. The second kappa shape index (κ2) is 6.76. The number of aromatic nitrogens is 3. The SMILES string of the molecule is CCOC(=O)[C@@H](C)Sc1nnc(C)n1-c1cccc(C)c1. The average molecular weight is 305 g/mol. The molecule has 2 rings (SSSR count). The Morgan fingerprint density at radius 3 is 2.81 bits per heavy atom. The monoisotopic (exact) mass is 305 g/mol. The van der Waals surface area contributed by atoms with Gasteiger partial charge in [-0.2, -0.15) is 0 Å². The predicted molar refractivity (Wildman–Crippen MR) is 82.8 cm³/mol. The van der Waals surface area contributed by atoms with Crippen LogP contribution >= 0.6 is 11.8 Å². The number of esters is 1. The van der Waals surface area contributed by atoms with Gasteiger partial charge in [0.25, 0.3) is 0 Å². The molecule has 5 nitrogen and oxygen atoms in total. The van der Waals surface area contributed by atoms with Crippen LogP contribution in [0, 0.1) is 13.8 Å². The molecule has 21 heavy (non-hydrogen) atoms. The Morgan fingerprint density at radius 1 is 1.38 bits per heavy atom. The molecule has 0 saturated heterocycles. The first-order valence-electron chi connectivity index (χ1n) is 6.85. The smallest absolute Gasteiger partial charge is 0.319 e. The summed E-state index contributed by atoms with van der Waals surface area (Å²) in [6, 6.07) is 8.10.